The zero-order valence-electron chi connectivity index (χ0n) is 10.6. The second-order valence-electron chi connectivity index (χ2n) is 4.51. The molecule has 0 aliphatic carbocycles. The summed E-state index contributed by atoms with van der Waals surface area (Å²) in [6, 6.07) is 5.83. The van der Waals surface area contributed by atoms with E-state index in [-0.39, 0.29) is 11.5 Å². The standard InChI is InChI=1S/C13H20O3/c1-9(14)13(2,3)10-6-7-11(15-4)12(8-10)16-5/h6-9,14H,1-5H3/p+1. The average Bonchev–Trinajstić information content (AvgIpc) is 2.27. The lowest BCUT2D eigenvalue weighted by molar-refractivity contribution is 0.118. The summed E-state index contributed by atoms with van der Waals surface area (Å²) in [5, 5.41) is 7.87. The molecular weight excluding hydrogens is 204 g/mol. The minimum absolute atomic E-state index is 0.175. The van der Waals surface area contributed by atoms with Crippen LogP contribution in [0.15, 0.2) is 18.2 Å². The molecule has 1 atom stereocenters. The van der Waals surface area contributed by atoms with E-state index in [1.165, 1.54) is 0 Å². The first-order valence-corrected chi connectivity index (χ1v) is 5.37. The summed E-state index contributed by atoms with van der Waals surface area (Å²) >= 11 is 0. The zero-order valence-corrected chi connectivity index (χ0v) is 10.6. The molecular formula is C13H21O3+. The van der Waals surface area contributed by atoms with Crippen LogP contribution >= 0.6 is 0 Å². The Bertz CT molecular complexity index is 356. The first-order valence-electron chi connectivity index (χ1n) is 5.37. The number of ether oxygens (including phenoxy) is 2. The smallest absolute Gasteiger partial charge is 0.161 e. The molecule has 3 heteroatoms. The van der Waals surface area contributed by atoms with Crippen LogP contribution in [-0.4, -0.2) is 25.4 Å². The van der Waals surface area contributed by atoms with E-state index in [1.54, 1.807) is 14.2 Å². The predicted molar refractivity (Wildman–Crippen MR) is 65.6 cm³/mol. The summed E-state index contributed by atoms with van der Waals surface area (Å²) in [6.45, 7) is 6.02. The lowest BCUT2D eigenvalue weighted by Gasteiger charge is -2.26. The molecule has 16 heavy (non-hydrogen) atoms. The maximum Gasteiger partial charge on any atom is 0.161 e. The molecule has 0 aliphatic heterocycles. The van der Waals surface area contributed by atoms with Gasteiger partial charge in [-0.3, -0.25) is 0 Å². The molecule has 0 amide bonds. The molecule has 0 saturated heterocycles. The zero-order chi connectivity index (χ0) is 12.3. The Morgan fingerprint density at radius 3 is 2.12 bits per heavy atom. The summed E-state index contributed by atoms with van der Waals surface area (Å²) in [7, 11) is 3.24. The van der Waals surface area contributed by atoms with E-state index >= 15 is 0 Å². The van der Waals surface area contributed by atoms with Crippen LogP contribution in [0.4, 0.5) is 0 Å². The molecule has 3 nitrogen and oxygen atoms in total. The number of benzene rings is 1. The highest BCUT2D eigenvalue weighted by Crippen LogP contribution is 2.34. The lowest BCUT2D eigenvalue weighted by atomic mass is 9.80. The van der Waals surface area contributed by atoms with Gasteiger partial charge in [0, 0.05) is 6.92 Å². The Morgan fingerprint density at radius 2 is 1.69 bits per heavy atom. The van der Waals surface area contributed by atoms with E-state index < -0.39 is 0 Å². The van der Waals surface area contributed by atoms with Gasteiger partial charge in [-0.1, -0.05) is 6.07 Å². The molecule has 0 spiro atoms. The van der Waals surface area contributed by atoms with Gasteiger partial charge >= 0.3 is 0 Å². The highest BCUT2D eigenvalue weighted by molar-refractivity contribution is 5.45. The number of hydrogen-bond acceptors (Lipinski definition) is 2. The van der Waals surface area contributed by atoms with Crippen LogP contribution in [0.25, 0.3) is 0 Å². The summed E-state index contributed by atoms with van der Waals surface area (Å²) < 4.78 is 10.5. The van der Waals surface area contributed by atoms with Crippen LogP contribution in [0.3, 0.4) is 0 Å². The van der Waals surface area contributed by atoms with Gasteiger partial charge in [-0.25, -0.2) is 0 Å². The second-order valence-corrected chi connectivity index (χ2v) is 4.51. The van der Waals surface area contributed by atoms with E-state index in [0.29, 0.717) is 5.75 Å². The van der Waals surface area contributed by atoms with Crippen molar-refractivity contribution in [2.75, 3.05) is 14.2 Å². The van der Waals surface area contributed by atoms with Gasteiger partial charge in [0.1, 0.15) is 0 Å². The Morgan fingerprint density at radius 1 is 1.12 bits per heavy atom. The van der Waals surface area contributed by atoms with Crippen LogP contribution in [0.5, 0.6) is 11.5 Å². The number of hydrogen-bond donors (Lipinski definition) is 0. The first-order chi connectivity index (χ1) is 7.43. The van der Waals surface area contributed by atoms with Crippen LogP contribution in [0.1, 0.15) is 26.3 Å². The molecule has 0 fully saturated rings. The monoisotopic (exact) mass is 225 g/mol. The van der Waals surface area contributed by atoms with E-state index in [0.717, 1.165) is 11.3 Å². The third-order valence-corrected chi connectivity index (χ3v) is 3.21. The molecule has 1 aromatic rings. The van der Waals surface area contributed by atoms with E-state index in [4.69, 9.17) is 14.6 Å². The normalized spacial score (nSPS) is 13.4. The highest BCUT2D eigenvalue weighted by atomic mass is 16.5. The maximum atomic E-state index is 7.87. The second kappa shape index (κ2) is 4.74. The van der Waals surface area contributed by atoms with Crippen molar-refractivity contribution < 1.29 is 14.6 Å². The fraction of sp³-hybridized carbons (Fsp3) is 0.538. The SMILES string of the molecule is COc1ccc(C(C)(C)C(C)[OH2+])cc1OC. The van der Waals surface area contributed by atoms with Crippen molar-refractivity contribution in [1.82, 2.24) is 0 Å². The van der Waals surface area contributed by atoms with Gasteiger partial charge < -0.3 is 14.6 Å². The third-order valence-electron chi connectivity index (χ3n) is 3.21. The Balaban J connectivity index is 3.17. The number of methoxy groups -OCH3 is 2. The molecule has 0 aliphatic rings. The van der Waals surface area contributed by atoms with Gasteiger partial charge in [-0.05, 0) is 31.5 Å². The van der Waals surface area contributed by atoms with Gasteiger partial charge in [-0.15, -0.1) is 0 Å². The van der Waals surface area contributed by atoms with Crippen LogP contribution in [0, 0.1) is 0 Å². The van der Waals surface area contributed by atoms with Crippen LogP contribution < -0.4 is 9.47 Å². The van der Waals surface area contributed by atoms with Crippen molar-refractivity contribution in [2.45, 2.75) is 32.3 Å². The first kappa shape index (κ1) is 12.8. The fourth-order valence-electron chi connectivity index (χ4n) is 1.49. The third kappa shape index (κ3) is 2.30. The van der Waals surface area contributed by atoms with Gasteiger partial charge in [-0.2, -0.15) is 0 Å². The molecule has 1 rings (SSSR count). The van der Waals surface area contributed by atoms with Crippen molar-refractivity contribution in [1.29, 1.82) is 0 Å². The molecule has 90 valence electrons. The Labute approximate surface area is 97.0 Å². The Kier molecular flexibility index (Phi) is 3.81. The van der Waals surface area contributed by atoms with E-state index in [2.05, 4.69) is 13.8 Å². The van der Waals surface area contributed by atoms with Crippen molar-refractivity contribution >= 4 is 0 Å². The minimum atomic E-state index is -0.195. The summed E-state index contributed by atoms with van der Waals surface area (Å²) in [4.78, 5) is 0. The predicted octanol–water partition coefficient (Wildman–Crippen LogP) is 2.09. The summed E-state index contributed by atoms with van der Waals surface area (Å²) in [5.74, 6) is 1.44. The van der Waals surface area contributed by atoms with Crippen molar-refractivity contribution in [2.24, 2.45) is 0 Å². The number of rotatable bonds is 4. The average molecular weight is 225 g/mol. The summed E-state index contributed by atoms with van der Waals surface area (Å²) in [5.41, 5.74) is 0.896. The molecule has 1 aromatic carbocycles. The topological polar surface area (TPSA) is 41.4 Å². The molecule has 0 heterocycles. The van der Waals surface area contributed by atoms with Crippen molar-refractivity contribution in [3.63, 3.8) is 0 Å². The van der Waals surface area contributed by atoms with E-state index in [1.807, 2.05) is 25.1 Å². The largest absolute Gasteiger partial charge is 0.493 e. The van der Waals surface area contributed by atoms with Crippen LogP contribution in [-0.2, 0) is 5.41 Å². The minimum Gasteiger partial charge on any atom is -0.493 e. The molecule has 0 saturated carbocycles. The van der Waals surface area contributed by atoms with Gasteiger partial charge in [0.05, 0.1) is 19.6 Å². The molecule has 0 radical (unpaired) electrons. The van der Waals surface area contributed by atoms with Gasteiger partial charge in [0.2, 0.25) is 0 Å². The lowest BCUT2D eigenvalue weighted by Crippen LogP contribution is -2.30. The molecule has 1 unspecified atom stereocenters. The van der Waals surface area contributed by atoms with Gasteiger partial charge in [0.15, 0.2) is 17.6 Å². The van der Waals surface area contributed by atoms with Crippen molar-refractivity contribution in [3.8, 4) is 11.5 Å². The van der Waals surface area contributed by atoms with E-state index in [9.17, 15) is 0 Å². The Hall–Kier alpha value is -1.22. The maximum absolute atomic E-state index is 7.87. The quantitative estimate of drug-likeness (QED) is 0.736. The summed E-state index contributed by atoms with van der Waals surface area (Å²) in [6.07, 6.45) is -0.175. The van der Waals surface area contributed by atoms with Crippen LogP contribution in [0.2, 0.25) is 0 Å². The molecule has 0 bridgehead atoms. The molecule has 0 aromatic heterocycles. The van der Waals surface area contributed by atoms with Gasteiger partial charge in [0.25, 0.3) is 0 Å². The van der Waals surface area contributed by atoms with Crippen molar-refractivity contribution in [3.05, 3.63) is 23.8 Å². The fourth-order valence-corrected chi connectivity index (χ4v) is 1.49. The molecule has 2 N–H and O–H groups in total. The highest BCUT2D eigenvalue weighted by Gasteiger charge is 2.30.